The summed E-state index contributed by atoms with van der Waals surface area (Å²) in [5, 5.41) is 0. The van der Waals surface area contributed by atoms with E-state index in [1.165, 1.54) is 5.56 Å². The highest BCUT2D eigenvalue weighted by molar-refractivity contribution is 5.82. The van der Waals surface area contributed by atoms with Crippen molar-refractivity contribution in [2.75, 3.05) is 20.8 Å². The molecule has 0 saturated carbocycles. The lowest BCUT2D eigenvalue weighted by atomic mass is 9.98. The van der Waals surface area contributed by atoms with Gasteiger partial charge in [-0.1, -0.05) is 13.3 Å². The number of benzene rings is 1. The molecule has 1 heterocycles. The Bertz CT molecular complexity index is 516. The van der Waals surface area contributed by atoms with E-state index in [1.54, 1.807) is 14.2 Å². The van der Waals surface area contributed by atoms with Gasteiger partial charge in [0.2, 0.25) is 5.91 Å². The van der Waals surface area contributed by atoms with Crippen molar-refractivity contribution in [1.29, 1.82) is 0 Å². The number of fused-ring (bicyclic) bond motifs is 1. The van der Waals surface area contributed by atoms with Crippen molar-refractivity contribution in [3.63, 3.8) is 0 Å². The Hall–Kier alpha value is -1.75. The molecule has 21 heavy (non-hydrogen) atoms. The molecule has 0 bridgehead atoms. The molecule has 1 aliphatic heterocycles. The number of methoxy groups -OCH3 is 2. The number of nitrogens with two attached hydrogens (primary N) is 1. The van der Waals surface area contributed by atoms with Crippen molar-refractivity contribution < 1.29 is 14.3 Å². The Morgan fingerprint density at radius 3 is 2.48 bits per heavy atom. The molecule has 0 fully saturated rings. The van der Waals surface area contributed by atoms with Gasteiger partial charge in [-0.25, -0.2) is 0 Å². The highest BCUT2D eigenvalue weighted by atomic mass is 16.5. The topological polar surface area (TPSA) is 64.8 Å². The maximum Gasteiger partial charge on any atom is 0.239 e. The van der Waals surface area contributed by atoms with Crippen LogP contribution in [-0.2, 0) is 17.8 Å². The summed E-state index contributed by atoms with van der Waals surface area (Å²) in [6.45, 7) is 3.33. The summed E-state index contributed by atoms with van der Waals surface area (Å²) in [6.07, 6.45) is 2.47. The smallest absolute Gasteiger partial charge is 0.239 e. The summed E-state index contributed by atoms with van der Waals surface area (Å²) in [4.78, 5) is 14.2. The molecule has 1 aliphatic rings. The van der Waals surface area contributed by atoms with Gasteiger partial charge in [-0.05, 0) is 36.1 Å². The largest absolute Gasteiger partial charge is 0.493 e. The van der Waals surface area contributed by atoms with Crippen LogP contribution in [-0.4, -0.2) is 37.6 Å². The SMILES string of the molecule is CCC[C@H](N)C(=O)N1CCc2cc(OC)c(OC)cc2C1. The summed E-state index contributed by atoms with van der Waals surface area (Å²) < 4.78 is 10.7. The van der Waals surface area contributed by atoms with Crippen LogP contribution in [0.3, 0.4) is 0 Å². The van der Waals surface area contributed by atoms with Crippen LogP contribution in [0.25, 0.3) is 0 Å². The molecule has 1 aromatic rings. The quantitative estimate of drug-likeness (QED) is 0.897. The van der Waals surface area contributed by atoms with Crippen LogP contribution in [0.1, 0.15) is 30.9 Å². The number of hydrogen-bond donors (Lipinski definition) is 1. The van der Waals surface area contributed by atoms with E-state index in [4.69, 9.17) is 15.2 Å². The molecule has 116 valence electrons. The number of rotatable bonds is 5. The van der Waals surface area contributed by atoms with Gasteiger partial charge in [0.25, 0.3) is 0 Å². The minimum atomic E-state index is -0.392. The van der Waals surface area contributed by atoms with Gasteiger partial charge in [0, 0.05) is 13.1 Å². The van der Waals surface area contributed by atoms with Crippen LogP contribution in [0, 0.1) is 0 Å². The second-order valence-corrected chi connectivity index (χ2v) is 5.38. The number of ether oxygens (including phenoxy) is 2. The Morgan fingerprint density at radius 2 is 1.90 bits per heavy atom. The zero-order valence-corrected chi connectivity index (χ0v) is 13.0. The third kappa shape index (κ3) is 3.29. The van der Waals surface area contributed by atoms with Crippen molar-refractivity contribution >= 4 is 5.91 Å². The van der Waals surface area contributed by atoms with Crippen LogP contribution >= 0.6 is 0 Å². The fourth-order valence-electron chi connectivity index (χ4n) is 2.74. The lowest BCUT2D eigenvalue weighted by Gasteiger charge is -2.31. The molecule has 0 spiro atoms. The molecule has 1 amide bonds. The van der Waals surface area contributed by atoms with E-state index >= 15 is 0 Å². The monoisotopic (exact) mass is 292 g/mol. The maximum absolute atomic E-state index is 12.3. The lowest BCUT2D eigenvalue weighted by Crippen LogP contribution is -2.45. The van der Waals surface area contributed by atoms with E-state index in [-0.39, 0.29) is 5.91 Å². The number of amides is 1. The van der Waals surface area contributed by atoms with E-state index in [0.717, 1.165) is 30.6 Å². The normalized spacial score (nSPS) is 15.3. The maximum atomic E-state index is 12.3. The summed E-state index contributed by atoms with van der Waals surface area (Å²) in [7, 11) is 3.25. The zero-order valence-electron chi connectivity index (χ0n) is 13.0. The number of carbonyl (C=O) groups excluding carboxylic acids is 1. The van der Waals surface area contributed by atoms with Gasteiger partial charge in [-0.15, -0.1) is 0 Å². The average molecular weight is 292 g/mol. The molecular weight excluding hydrogens is 268 g/mol. The molecule has 0 aromatic heterocycles. The fraction of sp³-hybridized carbons (Fsp3) is 0.562. The van der Waals surface area contributed by atoms with Crippen molar-refractivity contribution in [2.24, 2.45) is 5.73 Å². The molecular formula is C16H24N2O3. The first-order valence-electron chi connectivity index (χ1n) is 7.38. The van der Waals surface area contributed by atoms with Gasteiger partial charge in [-0.2, -0.15) is 0 Å². The van der Waals surface area contributed by atoms with Gasteiger partial charge >= 0.3 is 0 Å². The molecule has 2 N–H and O–H groups in total. The van der Waals surface area contributed by atoms with Crippen LogP contribution in [0.2, 0.25) is 0 Å². The number of nitrogens with zero attached hydrogens (tertiary/aromatic N) is 1. The molecule has 1 atom stereocenters. The Kier molecular flexibility index (Phi) is 5.07. The predicted molar refractivity (Wildman–Crippen MR) is 81.6 cm³/mol. The zero-order chi connectivity index (χ0) is 15.4. The third-order valence-electron chi connectivity index (χ3n) is 3.95. The van der Waals surface area contributed by atoms with Crippen LogP contribution in [0.5, 0.6) is 11.5 Å². The highest BCUT2D eigenvalue weighted by Crippen LogP contribution is 2.33. The molecule has 1 aromatic carbocycles. The molecule has 0 radical (unpaired) electrons. The minimum absolute atomic E-state index is 0.0392. The third-order valence-corrected chi connectivity index (χ3v) is 3.95. The van der Waals surface area contributed by atoms with E-state index in [0.29, 0.717) is 18.8 Å². The summed E-state index contributed by atoms with van der Waals surface area (Å²) in [5.41, 5.74) is 8.26. The molecule has 0 unspecified atom stereocenters. The Balaban J connectivity index is 2.18. The first-order valence-corrected chi connectivity index (χ1v) is 7.38. The number of hydrogen-bond acceptors (Lipinski definition) is 4. The lowest BCUT2D eigenvalue weighted by molar-refractivity contribution is -0.133. The number of carbonyl (C=O) groups is 1. The first-order chi connectivity index (χ1) is 10.1. The van der Waals surface area contributed by atoms with Gasteiger partial charge in [0.1, 0.15) is 0 Å². The fourth-order valence-corrected chi connectivity index (χ4v) is 2.74. The van der Waals surface area contributed by atoms with Gasteiger partial charge < -0.3 is 20.1 Å². The van der Waals surface area contributed by atoms with Crippen LogP contribution < -0.4 is 15.2 Å². The molecule has 2 rings (SSSR count). The Labute approximate surface area is 126 Å². The summed E-state index contributed by atoms with van der Waals surface area (Å²) >= 11 is 0. The average Bonchev–Trinajstić information content (AvgIpc) is 2.52. The first kappa shape index (κ1) is 15.6. The van der Waals surface area contributed by atoms with Crippen molar-refractivity contribution in [3.05, 3.63) is 23.3 Å². The molecule has 0 aliphatic carbocycles. The predicted octanol–water partition coefficient (Wildman–Crippen LogP) is 1.72. The summed E-state index contributed by atoms with van der Waals surface area (Å²) in [6, 6.07) is 3.57. The van der Waals surface area contributed by atoms with E-state index in [2.05, 4.69) is 0 Å². The summed E-state index contributed by atoms with van der Waals surface area (Å²) in [5.74, 6) is 1.47. The van der Waals surface area contributed by atoms with E-state index in [1.807, 2.05) is 24.0 Å². The van der Waals surface area contributed by atoms with E-state index < -0.39 is 6.04 Å². The van der Waals surface area contributed by atoms with Gasteiger partial charge in [0.15, 0.2) is 11.5 Å². The minimum Gasteiger partial charge on any atom is -0.493 e. The van der Waals surface area contributed by atoms with Gasteiger partial charge in [0.05, 0.1) is 20.3 Å². The second kappa shape index (κ2) is 6.80. The van der Waals surface area contributed by atoms with Crippen molar-refractivity contribution in [2.45, 2.75) is 38.8 Å². The van der Waals surface area contributed by atoms with Crippen molar-refractivity contribution in [3.8, 4) is 11.5 Å². The van der Waals surface area contributed by atoms with Gasteiger partial charge in [-0.3, -0.25) is 4.79 Å². The highest BCUT2D eigenvalue weighted by Gasteiger charge is 2.25. The molecule has 0 saturated heterocycles. The standard InChI is InChI=1S/C16H24N2O3/c1-4-5-13(17)16(19)18-7-6-11-8-14(20-2)15(21-3)9-12(11)10-18/h8-9,13H,4-7,10,17H2,1-3H3/t13-/m0/s1. The van der Waals surface area contributed by atoms with Crippen LogP contribution in [0.4, 0.5) is 0 Å². The second-order valence-electron chi connectivity index (χ2n) is 5.38. The van der Waals surface area contributed by atoms with E-state index in [9.17, 15) is 4.79 Å². The molecule has 5 heteroatoms. The molecule has 5 nitrogen and oxygen atoms in total. The van der Waals surface area contributed by atoms with Crippen molar-refractivity contribution in [1.82, 2.24) is 4.90 Å². The van der Waals surface area contributed by atoms with Crippen LogP contribution in [0.15, 0.2) is 12.1 Å². The Morgan fingerprint density at radius 1 is 1.29 bits per heavy atom.